The van der Waals surface area contributed by atoms with Gasteiger partial charge in [-0.15, -0.1) is 0 Å². The molecule has 2 atom stereocenters. The summed E-state index contributed by atoms with van der Waals surface area (Å²) in [6.07, 6.45) is 4.36. The smallest absolute Gasteiger partial charge is 0.0660 e. The van der Waals surface area contributed by atoms with Crippen LogP contribution in [-0.4, -0.2) is 18.8 Å². The van der Waals surface area contributed by atoms with Crippen LogP contribution in [0.25, 0.3) is 0 Å². The van der Waals surface area contributed by atoms with E-state index in [0.29, 0.717) is 0 Å². The summed E-state index contributed by atoms with van der Waals surface area (Å²) in [5.41, 5.74) is 2.89. The molecule has 3 heteroatoms. The molecule has 1 aliphatic rings. The van der Waals surface area contributed by atoms with Crippen LogP contribution in [0, 0.1) is 0 Å². The largest absolute Gasteiger partial charge is 0.375 e. The van der Waals surface area contributed by atoms with E-state index in [4.69, 9.17) is 16.3 Å². The second kappa shape index (κ2) is 8.56. The van der Waals surface area contributed by atoms with Crippen LogP contribution in [0.3, 0.4) is 0 Å². The van der Waals surface area contributed by atoms with Crippen molar-refractivity contribution in [1.82, 2.24) is 5.32 Å². The molecule has 1 fully saturated rings. The highest BCUT2D eigenvalue weighted by Gasteiger charge is 2.42. The summed E-state index contributed by atoms with van der Waals surface area (Å²) in [4.78, 5) is 0. The predicted octanol–water partition coefficient (Wildman–Crippen LogP) is 5.74. The summed E-state index contributed by atoms with van der Waals surface area (Å²) in [6, 6.07) is 19.1. The summed E-state index contributed by atoms with van der Waals surface area (Å²) in [5, 5.41) is 4.41. The fourth-order valence-electron chi connectivity index (χ4n) is 4.13. The van der Waals surface area contributed by atoms with Crippen molar-refractivity contribution in [3.8, 4) is 0 Å². The Morgan fingerprint density at radius 2 is 1.81 bits per heavy atom. The van der Waals surface area contributed by atoms with E-state index in [1.165, 1.54) is 11.1 Å². The highest BCUT2D eigenvalue weighted by atomic mass is 35.5. The maximum absolute atomic E-state index is 6.15. The second-order valence-corrected chi connectivity index (χ2v) is 8.21. The molecule has 3 rings (SSSR count). The third-order valence-corrected chi connectivity index (χ3v) is 6.15. The summed E-state index contributed by atoms with van der Waals surface area (Å²) < 4.78 is 6.15. The van der Waals surface area contributed by atoms with Crippen molar-refractivity contribution in [2.45, 2.75) is 57.1 Å². The van der Waals surface area contributed by atoms with Gasteiger partial charge in [0.15, 0.2) is 0 Å². The third-order valence-electron chi connectivity index (χ3n) is 5.90. The molecule has 0 spiro atoms. The van der Waals surface area contributed by atoms with Crippen molar-refractivity contribution >= 4 is 11.6 Å². The van der Waals surface area contributed by atoms with E-state index in [9.17, 15) is 0 Å². The minimum absolute atomic E-state index is 0.0235. The zero-order chi connectivity index (χ0) is 18.5. The Morgan fingerprint density at radius 1 is 1.08 bits per heavy atom. The number of rotatable bonds is 7. The van der Waals surface area contributed by atoms with Crippen LogP contribution in [0.4, 0.5) is 0 Å². The SMILES string of the molecule is CC[C@]1(C)C[C@](CCNCc2ccc(Cl)cc2)(c2ccccc2)CCO1. The molecule has 0 saturated carbocycles. The Morgan fingerprint density at radius 3 is 2.50 bits per heavy atom. The zero-order valence-corrected chi connectivity index (χ0v) is 16.7. The van der Waals surface area contributed by atoms with Crippen LogP contribution in [-0.2, 0) is 16.7 Å². The van der Waals surface area contributed by atoms with Crippen LogP contribution in [0.5, 0.6) is 0 Å². The highest BCUT2D eigenvalue weighted by Crippen LogP contribution is 2.45. The molecule has 1 aliphatic heterocycles. The number of hydrogen-bond donors (Lipinski definition) is 1. The van der Waals surface area contributed by atoms with E-state index in [1.54, 1.807) is 0 Å². The number of ether oxygens (including phenoxy) is 1. The van der Waals surface area contributed by atoms with Crippen LogP contribution in [0.15, 0.2) is 54.6 Å². The fraction of sp³-hybridized carbons (Fsp3) is 0.478. The molecule has 0 amide bonds. The van der Waals surface area contributed by atoms with Gasteiger partial charge >= 0.3 is 0 Å². The van der Waals surface area contributed by atoms with Crippen LogP contribution in [0.1, 0.15) is 50.7 Å². The van der Waals surface area contributed by atoms with E-state index in [-0.39, 0.29) is 11.0 Å². The van der Waals surface area contributed by atoms with Gasteiger partial charge in [-0.3, -0.25) is 0 Å². The lowest BCUT2D eigenvalue weighted by molar-refractivity contribution is -0.0979. The molecule has 1 heterocycles. The van der Waals surface area contributed by atoms with Gasteiger partial charge in [0.05, 0.1) is 5.60 Å². The summed E-state index contributed by atoms with van der Waals surface area (Å²) in [6.45, 7) is 7.22. The molecule has 0 unspecified atom stereocenters. The maximum Gasteiger partial charge on any atom is 0.0660 e. The van der Waals surface area contributed by atoms with Crippen molar-refractivity contribution in [3.63, 3.8) is 0 Å². The zero-order valence-electron chi connectivity index (χ0n) is 15.9. The molecule has 1 N–H and O–H groups in total. The molecule has 0 radical (unpaired) electrons. The quantitative estimate of drug-likeness (QED) is 0.627. The molecule has 140 valence electrons. The lowest BCUT2D eigenvalue weighted by atomic mass is 9.66. The van der Waals surface area contributed by atoms with Crippen LogP contribution < -0.4 is 5.32 Å². The first-order valence-electron chi connectivity index (χ1n) is 9.70. The Labute approximate surface area is 162 Å². The third kappa shape index (κ3) is 4.68. The normalized spacial score (nSPS) is 26.0. The lowest BCUT2D eigenvalue weighted by Crippen LogP contribution is -2.46. The lowest BCUT2D eigenvalue weighted by Gasteiger charge is -2.47. The topological polar surface area (TPSA) is 21.3 Å². The van der Waals surface area contributed by atoms with Gasteiger partial charge < -0.3 is 10.1 Å². The van der Waals surface area contributed by atoms with Gasteiger partial charge in [0.1, 0.15) is 0 Å². The minimum Gasteiger partial charge on any atom is -0.375 e. The molecule has 2 aromatic rings. The fourth-order valence-corrected chi connectivity index (χ4v) is 4.26. The maximum atomic E-state index is 6.15. The Balaban J connectivity index is 1.67. The summed E-state index contributed by atoms with van der Waals surface area (Å²) in [7, 11) is 0. The molecule has 0 aromatic heterocycles. The number of benzene rings is 2. The Kier molecular flexibility index (Phi) is 6.39. The van der Waals surface area contributed by atoms with Crippen molar-refractivity contribution < 1.29 is 4.74 Å². The van der Waals surface area contributed by atoms with Crippen LogP contribution in [0.2, 0.25) is 5.02 Å². The van der Waals surface area contributed by atoms with Gasteiger partial charge in [-0.05, 0) is 62.4 Å². The molecule has 1 saturated heterocycles. The molecule has 2 aromatic carbocycles. The molecular weight excluding hydrogens is 342 g/mol. The molecule has 26 heavy (non-hydrogen) atoms. The van der Waals surface area contributed by atoms with Gasteiger partial charge in [-0.1, -0.05) is 61.0 Å². The van der Waals surface area contributed by atoms with Crippen molar-refractivity contribution in [3.05, 3.63) is 70.7 Å². The number of hydrogen-bond acceptors (Lipinski definition) is 2. The monoisotopic (exact) mass is 371 g/mol. The summed E-state index contributed by atoms with van der Waals surface area (Å²) >= 11 is 5.97. The molecule has 0 bridgehead atoms. The Hall–Kier alpha value is -1.35. The van der Waals surface area contributed by atoms with Crippen molar-refractivity contribution in [2.75, 3.05) is 13.2 Å². The molecule has 0 aliphatic carbocycles. The average Bonchev–Trinajstić information content (AvgIpc) is 2.67. The van der Waals surface area contributed by atoms with Gasteiger partial charge in [-0.2, -0.15) is 0 Å². The first-order chi connectivity index (χ1) is 12.6. The van der Waals surface area contributed by atoms with E-state index >= 15 is 0 Å². The molecule has 2 nitrogen and oxygen atoms in total. The first kappa shape index (κ1) is 19.4. The van der Waals surface area contributed by atoms with Gasteiger partial charge in [0.25, 0.3) is 0 Å². The van der Waals surface area contributed by atoms with E-state index in [1.807, 2.05) is 12.1 Å². The average molecular weight is 372 g/mol. The first-order valence-corrected chi connectivity index (χ1v) is 10.1. The Bertz CT molecular complexity index is 687. The van der Waals surface area contributed by atoms with E-state index < -0.39 is 0 Å². The standard InChI is InChI=1S/C23H30ClNO/c1-3-22(2)18-23(14-16-26-22,20-7-5-4-6-8-20)13-15-25-17-19-9-11-21(24)12-10-19/h4-12,25H,3,13-18H2,1-2H3/t22-,23-/m1/s1. The van der Waals surface area contributed by atoms with E-state index in [2.05, 4.69) is 61.6 Å². The van der Waals surface area contributed by atoms with Crippen molar-refractivity contribution in [2.24, 2.45) is 0 Å². The minimum atomic E-state index is -0.0235. The van der Waals surface area contributed by atoms with E-state index in [0.717, 1.165) is 50.4 Å². The van der Waals surface area contributed by atoms with Crippen molar-refractivity contribution in [1.29, 1.82) is 0 Å². The predicted molar refractivity (Wildman–Crippen MR) is 110 cm³/mol. The number of halogens is 1. The van der Waals surface area contributed by atoms with Gasteiger partial charge in [0, 0.05) is 23.6 Å². The summed E-state index contributed by atoms with van der Waals surface area (Å²) in [5.74, 6) is 0. The number of nitrogens with one attached hydrogen (secondary N) is 1. The highest BCUT2D eigenvalue weighted by molar-refractivity contribution is 6.30. The second-order valence-electron chi connectivity index (χ2n) is 7.78. The van der Waals surface area contributed by atoms with Crippen LogP contribution >= 0.6 is 11.6 Å². The van der Waals surface area contributed by atoms with Gasteiger partial charge in [0.2, 0.25) is 0 Å². The molecular formula is C23H30ClNO. The van der Waals surface area contributed by atoms with Gasteiger partial charge in [-0.25, -0.2) is 0 Å².